The predicted molar refractivity (Wildman–Crippen MR) is 59.6 cm³/mol. The van der Waals surface area contributed by atoms with Gasteiger partial charge < -0.3 is 0 Å². The molecule has 2 heteroatoms. The van der Waals surface area contributed by atoms with Crippen molar-refractivity contribution in [3.8, 4) is 0 Å². The highest BCUT2D eigenvalue weighted by molar-refractivity contribution is 5.31. The summed E-state index contributed by atoms with van der Waals surface area (Å²) in [4.78, 5) is 8.68. The molecule has 1 aromatic rings. The molecule has 0 aliphatic carbocycles. The molecule has 0 unspecified atom stereocenters. The number of rotatable bonds is 1. The van der Waals surface area contributed by atoms with Crippen molar-refractivity contribution in [2.24, 2.45) is 0 Å². The van der Waals surface area contributed by atoms with Gasteiger partial charge in [0.2, 0.25) is 0 Å². The molecule has 78 valence electrons. The van der Waals surface area contributed by atoms with Crippen LogP contribution in [0.4, 0.5) is 0 Å². The molecule has 1 rings (SSSR count). The van der Waals surface area contributed by atoms with Crippen LogP contribution >= 0.6 is 0 Å². The fourth-order valence-electron chi connectivity index (χ4n) is 1.77. The summed E-state index contributed by atoms with van der Waals surface area (Å²) in [5, 5.41) is 0. The third-order valence-corrected chi connectivity index (χ3v) is 2.37. The molecule has 1 heterocycles. The first-order valence-corrected chi connectivity index (χ1v) is 5.16. The van der Waals surface area contributed by atoms with Gasteiger partial charge in [0.05, 0.1) is 5.69 Å². The van der Waals surface area contributed by atoms with E-state index in [1.54, 1.807) is 6.33 Å². The molecule has 0 spiro atoms. The van der Waals surface area contributed by atoms with Gasteiger partial charge in [0.1, 0.15) is 6.33 Å². The fourth-order valence-corrected chi connectivity index (χ4v) is 1.77. The van der Waals surface area contributed by atoms with Crippen molar-refractivity contribution in [2.45, 2.75) is 52.9 Å². The minimum atomic E-state index is 0.104. The van der Waals surface area contributed by atoms with E-state index in [9.17, 15) is 0 Å². The molecule has 0 atom stereocenters. The second-order valence-corrected chi connectivity index (χ2v) is 5.13. The molecule has 0 bridgehead atoms. The van der Waals surface area contributed by atoms with Crippen molar-refractivity contribution >= 4 is 0 Å². The van der Waals surface area contributed by atoms with E-state index < -0.39 is 0 Å². The molecular weight excluding hydrogens is 172 g/mol. The van der Waals surface area contributed by atoms with Crippen LogP contribution < -0.4 is 0 Å². The van der Waals surface area contributed by atoms with Crippen molar-refractivity contribution in [3.63, 3.8) is 0 Å². The third kappa shape index (κ3) is 2.11. The molecule has 0 radical (unpaired) electrons. The highest BCUT2D eigenvalue weighted by Crippen LogP contribution is 2.29. The van der Waals surface area contributed by atoms with E-state index in [0.29, 0.717) is 5.92 Å². The van der Waals surface area contributed by atoms with Crippen LogP contribution in [0.15, 0.2) is 6.33 Å². The molecule has 0 fully saturated rings. The Morgan fingerprint density at radius 1 is 1.14 bits per heavy atom. The predicted octanol–water partition coefficient (Wildman–Crippen LogP) is 3.21. The minimum Gasteiger partial charge on any atom is -0.241 e. The minimum absolute atomic E-state index is 0.104. The summed E-state index contributed by atoms with van der Waals surface area (Å²) in [6, 6.07) is 0. The van der Waals surface area contributed by atoms with Crippen LogP contribution in [0.2, 0.25) is 0 Å². The van der Waals surface area contributed by atoms with E-state index >= 15 is 0 Å². The molecule has 0 saturated carbocycles. The van der Waals surface area contributed by atoms with E-state index in [-0.39, 0.29) is 5.41 Å². The first-order chi connectivity index (χ1) is 6.34. The van der Waals surface area contributed by atoms with Crippen molar-refractivity contribution in [1.29, 1.82) is 0 Å². The Kier molecular flexibility index (Phi) is 2.93. The Bertz CT molecular complexity index is 322. The zero-order valence-electron chi connectivity index (χ0n) is 10.0. The van der Waals surface area contributed by atoms with Crippen LogP contribution in [0, 0.1) is 6.92 Å². The monoisotopic (exact) mass is 192 g/mol. The zero-order valence-corrected chi connectivity index (χ0v) is 10.0. The summed E-state index contributed by atoms with van der Waals surface area (Å²) in [7, 11) is 0. The quantitative estimate of drug-likeness (QED) is 0.683. The molecule has 0 N–H and O–H groups in total. The van der Waals surface area contributed by atoms with Gasteiger partial charge in [0.15, 0.2) is 0 Å². The van der Waals surface area contributed by atoms with E-state index in [2.05, 4.69) is 51.5 Å². The molecule has 2 nitrogen and oxygen atoms in total. The summed E-state index contributed by atoms with van der Waals surface area (Å²) in [5.74, 6) is 0.491. The van der Waals surface area contributed by atoms with Gasteiger partial charge >= 0.3 is 0 Å². The maximum Gasteiger partial charge on any atom is 0.115 e. The van der Waals surface area contributed by atoms with Gasteiger partial charge in [-0.25, -0.2) is 9.97 Å². The maximum absolute atomic E-state index is 4.42. The Hall–Kier alpha value is -0.920. The third-order valence-electron chi connectivity index (χ3n) is 2.37. The molecule has 14 heavy (non-hydrogen) atoms. The van der Waals surface area contributed by atoms with Crippen LogP contribution in [-0.4, -0.2) is 9.97 Å². The topological polar surface area (TPSA) is 25.8 Å². The van der Waals surface area contributed by atoms with E-state index in [1.807, 2.05) is 0 Å². The summed E-state index contributed by atoms with van der Waals surface area (Å²) in [5.41, 5.74) is 3.70. The first-order valence-electron chi connectivity index (χ1n) is 5.16. The molecule has 0 saturated heterocycles. The molecule has 0 aromatic carbocycles. The SMILES string of the molecule is Cc1ncnc(C(C)(C)C)c1C(C)C. The average Bonchev–Trinajstić information content (AvgIpc) is 2.01. The lowest BCUT2D eigenvalue weighted by molar-refractivity contribution is 0.550. The van der Waals surface area contributed by atoms with Gasteiger partial charge in [-0.05, 0) is 18.4 Å². The van der Waals surface area contributed by atoms with Crippen LogP contribution in [0.1, 0.15) is 57.5 Å². The van der Waals surface area contributed by atoms with Crippen molar-refractivity contribution in [3.05, 3.63) is 23.3 Å². The Morgan fingerprint density at radius 3 is 2.07 bits per heavy atom. The highest BCUT2D eigenvalue weighted by atomic mass is 14.9. The number of aromatic nitrogens is 2. The lowest BCUT2D eigenvalue weighted by Gasteiger charge is -2.24. The molecule has 1 aromatic heterocycles. The Labute approximate surface area is 86.8 Å². The van der Waals surface area contributed by atoms with Gasteiger partial charge in [-0.1, -0.05) is 34.6 Å². The van der Waals surface area contributed by atoms with Gasteiger partial charge in [0, 0.05) is 11.1 Å². The van der Waals surface area contributed by atoms with E-state index in [1.165, 1.54) is 11.3 Å². The number of hydrogen-bond acceptors (Lipinski definition) is 2. The van der Waals surface area contributed by atoms with E-state index in [4.69, 9.17) is 0 Å². The van der Waals surface area contributed by atoms with Crippen LogP contribution in [-0.2, 0) is 5.41 Å². The second kappa shape index (κ2) is 3.68. The first kappa shape index (κ1) is 11.2. The lowest BCUT2D eigenvalue weighted by atomic mass is 9.84. The van der Waals surface area contributed by atoms with E-state index in [0.717, 1.165) is 5.69 Å². The van der Waals surface area contributed by atoms with Gasteiger partial charge in [-0.2, -0.15) is 0 Å². The van der Waals surface area contributed by atoms with Gasteiger partial charge in [0.25, 0.3) is 0 Å². The standard InChI is InChI=1S/C12H20N2/c1-8(2)10-9(3)13-7-14-11(10)12(4,5)6/h7-8H,1-6H3. The number of hydrogen-bond donors (Lipinski definition) is 0. The fraction of sp³-hybridized carbons (Fsp3) is 0.667. The molecule has 0 amide bonds. The largest absolute Gasteiger partial charge is 0.241 e. The van der Waals surface area contributed by atoms with Crippen LogP contribution in [0.25, 0.3) is 0 Å². The van der Waals surface area contributed by atoms with Gasteiger partial charge in [-0.15, -0.1) is 0 Å². The van der Waals surface area contributed by atoms with Crippen molar-refractivity contribution in [2.75, 3.05) is 0 Å². The molecule has 0 aliphatic rings. The number of aryl methyl sites for hydroxylation is 1. The van der Waals surface area contributed by atoms with Gasteiger partial charge in [-0.3, -0.25) is 0 Å². The second-order valence-electron chi connectivity index (χ2n) is 5.13. The Morgan fingerprint density at radius 2 is 1.71 bits per heavy atom. The summed E-state index contributed by atoms with van der Waals surface area (Å²) < 4.78 is 0. The lowest BCUT2D eigenvalue weighted by Crippen LogP contribution is -2.18. The molecule has 0 aliphatic heterocycles. The Balaban J connectivity index is 3.36. The maximum atomic E-state index is 4.42. The summed E-state index contributed by atoms with van der Waals surface area (Å²) in [6.45, 7) is 13.0. The van der Waals surface area contributed by atoms with Crippen molar-refractivity contribution in [1.82, 2.24) is 9.97 Å². The summed E-state index contributed by atoms with van der Waals surface area (Å²) >= 11 is 0. The average molecular weight is 192 g/mol. The van der Waals surface area contributed by atoms with Crippen molar-refractivity contribution < 1.29 is 0 Å². The normalized spacial score (nSPS) is 12.2. The molecular formula is C12H20N2. The van der Waals surface area contributed by atoms with Crippen LogP contribution in [0.3, 0.4) is 0 Å². The number of nitrogens with zero attached hydrogens (tertiary/aromatic N) is 2. The highest BCUT2D eigenvalue weighted by Gasteiger charge is 2.22. The summed E-state index contributed by atoms with van der Waals surface area (Å²) in [6.07, 6.45) is 1.67. The smallest absolute Gasteiger partial charge is 0.115 e. The zero-order chi connectivity index (χ0) is 10.9. The van der Waals surface area contributed by atoms with Crippen LogP contribution in [0.5, 0.6) is 0 Å².